The molecule has 2 aromatic heterocycles. The zero-order valence-electron chi connectivity index (χ0n) is 13.7. The van der Waals surface area contributed by atoms with Crippen molar-refractivity contribution in [3.63, 3.8) is 0 Å². The third kappa shape index (κ3) is 3.33. The molecule has 0 radical (unpaired) electrons. The van der Waals surface area contributed by atoms with Gasteiger partial charge in [0.1, 0.15) is 6.61 Å². The predicted molar refractivity (Wildman–Crippen MR) is 90.0 cm³/mol. The minimum absolute atomic E-state index is 0.159. The molecule has 1 spiro atoms. The Kier molecular flexibility index (Phi) is 4.30. The summed E-state index contributed by atoms with van der Waals surface area (Å²) in [6, 6.07) is 7.55. The quantitative estimate of drug-likeness (QED) is 0.859. The Hall–Kier alpha value is -2.21. The molecule has 2 fully saturated rings. The van der Waals surface area contributed by atoms with Crippen LogP contribution in [-0.4, -0.2) is 47.4 Å². The van der Waals surface area contributed by atoms with Gasteiger partial charge in [-0.25, -0.2) is 15.0 Å². The number of hydrogen-bond donors (Lipinski definition) is 0. The van der Waals surface area contributed by atoms with E-state index in [-0.39, 0.29) is 11.5 Å². The average molecular weight is 326 g/mol. The molecule has 6 heteroatoms. The molecule has 0 aromatic carbocycles. The van der Waals surface area contributed by atoms with Crippen molar-refractivity contribution in [3.8, 4) is 5.88 Å². The van der Waals surface area contributed by atoms with Crippen LogP contribution in [0.1, 0.15) is 19.3 Å². The van der Waals surface area contributed by atoms with Crippen LogP contribution in [0.2, 0.25) is 0 Å². The van der Waals surface area contributed by atoms with E-state index in [1.165, 1.54) is 0 Å². The second-order valence-corrected chi connectivity index (χ2v) is 6.65. The van der Waals surface area contributed by atoms with Crippen LogP contribution in [0.3, 0.4) is 0 Å². The molecule has 126 valence electrons. The molecule has 0 N–H and O–H groups in total. The molecule has 0 aliphatic carbocycles. The fourth-order valence-corrected chi connectivity index (χ4v) is 3.60. The average Bonchev–Trinajstić information content (AvgIpc) is 3.05. The highest BCUT2D eigenvalue weighted by Crippen LogP contribution is 2.42. The van der Waals surface area contributed by atoms with Crippen molar-refractivity contribution in [3.05, 3.63) is 42.9 Å². The van der Waals surface area contributed by atoms with Gasteiger partial charge in [0.05, 0.1) is 12.7 Å². The van der Waals surface area contributed by atoms with Crippen molar-refractivity contribution < 1.29 is 9.47 Å². The van der Waals surface area contributed by atoms with E-state index in [1.54, 1.807) is 18.6 Å². The molecule has 2 aliphatic rings. The molecule has 4 heterocycles. The highest BCUT2D eigenvalue weighted by atomic mass is 16.5. The van der Waals surface area contributed by atoms with Gasteiger partial charge < -0.3 is 14.4 Å². The summed E-state index contributed by atoms with van der Waals surface area (Å²) < 4.78 is 11.8. The normalized spacial score (nSPS) is 22.7. The zero-order chi connectivity index (χ0) is 16.2. The first-order chi connectivity index (χ1) is 11.8. The molecule has 0 amide bonds. The number of rotatable bonds is 4. The summed E-state index contributed by atoms with van der Waals surface area (Å²) in [4.78, 5) is 15.2. The van der Waals surface area contributed by atoms with Crippen LogP contribution in [0, 0.1) is 5.41 Å². The van der Waals surface area contributed by atoms with Crippen LogP contribution in [-0.2, 0) is 4.74 Å². The van der Waals surface area contributed by atoms with Crippen molar-refractivity contribution in [2.24, 2.45) is 5.41 Å². The maximum atomic E-state index is 6.01. The van der Waals surface area contributed by atoms with E-state index >= 15 is 0 Å². The SMILES string of the molecule is c1ccc(OC[C@H]2CC3(CCN(c4ncccn4)CC3)CO2)nc1. The molecule has 2 aliphatic heterocycles. The van der Waals surface area contributed by atoms with Crippen molar-refractivity contribution in [1.82, 2.24) is 15.0 Å². The minimum atomic E-state index is 0.159. The van der Waals surface area contributed by atoms with Crippen molar-refractivity contribution >= 4 is 5.95 Å². The molecule has 0 unspecified atom stereocenters. The molecule has 1 atom stereocenters. The van der Waals surface area contributed by atoms with Gasteiger partial charge in [-0.3, -0.25) is 0 Å². The first-order valence-electron chi connectivity index (χ1n) is 8.50. The Balaban J connectivity index is 1.29. The van der Waals surface area contributed by atoms with Gasteiger partial charge in [0.15, 0.2) is 0 Å². The molecule has 0 saturated carbocycles. The van der Waals surface area contributed by atoms with E-state index in [2.05, 4.69) is 19.9 Å². The van der Waals surface area contributed by atoms with Crippen LogP contribution >= 0.6 is 0 Å². The Morgan fingerprint density at radius 1 is 1.08 bits per heavy atom. The number of anilines is 1. The van der Waals surface area contributed by atoms with E-state index in [0.29, 0.717) is 12.5 Å². The molecule has 2 saturated heterocycles. The molecule has 4 rings (SSSR count). The third-order valence-electron chi connectivity index (χ3n) is 5.00. The first kappa shape index (κ1) is 15.3. The lowest BCUT2D eigenvalue weighted by Crippen LogP contribution is -2.41. The second-order valence-electron chi connectivity index (χ2n) is 6.65. The second kappa shape index (κ2) is 6.73. The van der Waals surface area contributed by atoms with Gasteiger partial charge in [0, 0.05) is 37.7 Å². The minimum Gasteiger partial charge on any atom is -0.475 e. The van der Waals surface area contributed by atoms with Gasteiger partial charge in [-0.05, 0) is 36.8 Å². The van der Waals surface area contributed by atoms with Crippen LogP contribution in [0.25, 0.3) is 0 Å². The Morgan fingerprint density at radius 3 is 2.62 bits per heavy atom. The lowest BCUT2D eigenvalue weighted by Gasteiger charge is -2.38. The summed E-state index contributed by atoms with van der Waals surface area (Å²) in [6.07, 6.45) is 8.80. The number of aromatic nitrogens is 3. The smallest absolute Gasteiger partial charge is 0.225 e. The number of pyridine rings is 1. The van der Waals surface area contributed by atoms with Gasteiger partial charge in [-0.15, -0.1) is 0 Å². The maximum absolute atomic E-state index is 6.01. The molecule has 2 aromatic rings. The maximum Gasteiger partial charge on any atom is 0.225 e. The number of piperidine rings is 1. The van der Waals surface area contributed by atoms with Gasteiger partial charge >= 0.3 is 0 Å². The van der Waals surface area contributed by atoms with E-state index < -0.39 is 0 Å². The lowest BCUT2D eigenvalue weighted by atomic mass is 9.77. The summed E-state index contributed by atoms with van der Waals surface area (Å²) in [5, 5.41) is 0. The van der Waals surface area contributed by atoms with E-state index in [1.807, 2.05) is 24.3 Å². The van der Waals surface area contributed by atoms with Crippen LogP contribution in [0.4, 0.5) is 5.95 Å². The fourth-order valence-electron chi connectivity index (χ4n) is 3.60. The predicted octanol–water partition coefficient (Wildman–Crippen LogP) is 2.33. The van der Waals surface area contributed by atoms with Crippen molar-refractivity contribution in [1.29, 1.82) is 0 Å². The fraction of sp³-hybridized carbons (Fsp3) is 0.500. The summed E-state index contributed by atoms with van der Waals surface area (Å²) in [6.45, 7) is 3.37. The standard InChI is InChI=1S/C18H22N4O2/c1-2-7-19-16(4-1)23-13-15-12-18(14-24-15)5-10-22(11-6-18)17-20-8-3-9-21-17/h1-4,7-9,15H,5-6,10-14H2/t15-/m1/s1. The Labute approximate surface area is 141 Å². The van der Waals surface area contributed by atoms with Crippen molar-refractivity contribution in [2.75, 3.05) is 31.2 Å². The van der Waals surface area contributed by atoms with Crippen molar-refractivity contribution in [2.45, 2.75) is 25.4 Å². The largest absolute Gasteiger partial charge is 0.475 e. The number of ether oxygens (including phenoxy) is 2. The van der Waals surface area contributed by atoms with Crippen LogP contribution < -0.4 is 9.64 Å². The van der Waals surface area contributed by atoms with Gasteiger partial charge in [0.2, 0.25) is 11.8 Å². The lowest BCUT2D eigenvalue weighted by molar-refractivity contribution is 0.0565. The first-order valence-corrected chi connectivity index (χ1v) is 8.50. The molecular weight excluding hydrogens is 304 g/mol. The Morgan fingerprint density at radius 2 is 1.88 bits per heavy atom. The van der Waals surface area contributed by atoms with Crippen LogP contribution in [0.5, 0.6) is 5.88 Å². The number of hydrogen-bond acceptors (Lipinski definition) is 6. The topological polar surface area (TPSA) is 60.4 Å². The number of nitrogens with zero attached hydrogens (tertiary/aromatic N) is 4. The summed E-state index contributed by atoms with van der Waals surface area (Å²) in [5.74, 6) is 1.50. The van der Waals surface area contributed by atoms with E-state index in [4.69, 9.17) is 9.47 Å². The van der Waals surface area contributed by atoms with Gasteiger partial charge in [-0.2, -0.15) is 0 Å². The zero-order valence-corrected chi connectivity index (χ0v) is 13.7. The summed E-state index contributed by atoms with van der Waals surface area (Å²) >= 11 is 0. The third-order valence-corrected chi connectivity index (χ3v) is 5.00. The van der Waals surface area contributed by atoms with Gasteiger partial charge in [-0.1, -0.05) is 6.07 Å². The van der Waals surface area contributed by atoms with E-state index in [9.17, 15) is 0 Å². The Bertz CT molecular complexity index is 645. The monoisotopic (exact) mass is 326 g/mol. The van der Waals surface area contributed by atoms with Crippen LogP contribution in [0.15, 0.2) is 42.9 Å². The molecular formula is C18H22N4O2. The summed E-state index contributed by atoms with van der Waals surface area (Å²) in [5.41, 5.74) is 0.281. The highest BCUT2D eigenvalue weighted by molar-refractivity contribution is 5.29. The highest BCUT2D eigenvalue weighted by Gasteiger charge is 2.42. The van der Waals surface area contributed by atoms with E-state index in [0.717, 1.165) is 44.9 Å². The summed E-state index contributed by atoms with van der Waals surface area (Å²) in [7, 11) is 0. The molecule has 24 heavy (non-hydrogen) atoms. The molecule has 6 nitrogen and oxygen atoms in total. The van der Waals surface area contributed by atoms with Gasteiger partial charge in [0.25, 0.3) is 0 Å². The molecule has 0 bridgehead atoms.